The number of carboxylic acid groups (broad SMARTS) is 1. The fraction of sp³-hybridized carbons (Fsp3) is 0.556. The number of carboxylic acids is 1. The predicted molar refractivity (Wildman–Crippen MR) is 88.0 cm³/mol. The van der Waals surface area contributed by atoms with E-state index >= 15 is 0 Å². The molecule has 1 N–H and O–H groups in total. The summed E-state index contributed by atoms with van der Waals surface area (Å²) in [5.41, 5.74) is 0.285. The second-order valence-corrected chi connectivity index (χ2v) is 6.91. The highest BCUT2D eigenvalue weighted by molar-refractivity contribution is 5.95. The number of carbonyl (C=O) groups is 2. The van der Waals surface area contributed by atoms with Gasteiger partial charge in [-0.05, 0) is 49.4 Å². The van der Waals surface area contributed by atoms with Crippen LogP contribution in [0.1, 0.15) is 41.8 Å². The second kappa shape index (κ2) is 6.98. The Morgan fingerprint density at radius 2 is 1.80 bits per heavy atom. The summed E-state index contributed by atoms with van der Waals surface area (Å²) >= 11 is 0. The SMILES string of the molecule is Cc1cc(C(=O)N2CCC(C(=O)O)(C(C)C)C2)cc(C)c1OC(F)F. The average Bonchev–Trinajstić information content (AvgIpc) is 2.96. The van der Waals surface area contributed by atoms with Crippen LogP contribution in [-0.4, -0.2) is 41.6 Å². The molecule has 1 unspecified atom stereocenters. The summed E-state index contributed by atoms with van der Waals surface area (Å²) in [6.45, 7) is 4.45. The summed E-state index contributed by atoms with van der Waals surface area (Å²) in [7, 11) is 0. The lowest BCUT2D eigenvalue weighted by Gasteiger charge is -2.28. The molecule has 1 heterocycles. The van der Waals surface area contributed by atoms with Crippen LogP contribution in [0.4, 0.5) is 8.78 Å². The molecule has 1 aliphatic rings. The van der Waals surface area contributed by atoms with Gasteiger partial charge in [0.15, 0.2) is 0 Å². The molecular formula is C18H23F2NO4. The van der Waals surface area contributed by atoms with E-state index in [2.05, 4.69) is 4.74 Å². The first-order valence-electron chi connectivity index (χ1n) is 8.17. The smallest absolute Gasteiger partial charge is 0.387 e. The van der Waals surface area contributed by atoms with Crippen molar-refractivity contribution in [1.29, 1.82) is 0 Å². The Labute approximate surface area is 145 Å². The van der Waals surface area contributed by atoms with Gasteiger partial charge in [0.05, 0.1) is 5.41 Å². The highest BCUT2D eigenvalue weighted by Gasteiger charge is 2.48. The van der Waals surface area contributed by atoms with Gasteiger partial charge < -0.3 is 14.7 Å². The van der Waals surface area contributed by atoms with E-state index in [0.717, 1.165) is 0 Å². The third-order valence-electron chi connectivity index (χ3n) is 5.03. The Hall–Kier alpha value is -2.18. The summed E-state index contributed by atoms with van der Waals surface area (Å²) in [5.74, 6) is -1.23. The topological polar surface area (TPSA) is 66.8 Å². The number of halogens is 2. The fourth-order valence-electron chi connectivity index (χ4n) is 3.43. The Morgan fingerprint density at radius 1 is 1.24 bits per heavy atom. The number of rotatable bonds is 5. The molecule has 1 saturated heterocycles. The zero-order valence-electron chi connectivity index (χ0n) is 14.8. The molecule has 7 heteroatoms. The van der Waals surface area contributed by atoms with Crippen LogP contribution in [0.3, 0.4) is 0 Å². The number of nitrogens with zero attached hydrogens (tertiary/aromatic N) is 1. The lowest BCUT2D eigenvalue weighted by atomic mass is 9.76. The maximum absolute atomic E-state index is 12.8. The van der Waals surface area contributed by atoms with Crippen LogP contribution in [0.25, 0.3) is 0 Å². The van der Waals surface area contributed by atoms with Gasteiger partial charge in [-0.15, -0.1) is 0 Å². The van der Waals surface area contributed by atoms with Gasteiger partial charge in [-0.25, -0.2) is 0 Å². The van der Waals surface area contributed by atoms with E-state index in [1.54, 1.807) is 13.8 Å². The van der Waals surface area contributed by atoms with Gasteiger partial charge in [0.2, 0.25) is 0 Å². The maximum atomic E-state index is 12.8. The van der Waals surface area contributed by atoms with Crippen LogP contribution >= 0.6 is 0 Å². The standard InChI is InChI=1S/C18H23F2NO4/c1-10(2)18(16(23)24)5-6-21(9-18)15(22)13-7-11(3)14(12(4)8-13)25-17(19)20/h7-8,10,17H,5-6,9H2,1-4H3,(H,23,24). The van der Waals surface area contributed by atoms with Crippen LogP contribution in [0, 0.1) is 25.2 Å². The Kier molecular flexibility index (Phi) is 5.34. The van der Waals surface area contributed by atoms with Gasteiger partial charge in [0.25, 0.3) is 5.91 Å². The van der Waals surface area contributed by atoms with E-state index in [0.29, 0.717) is 29.7 Å². The quantitative estimate of drug-likeness (QED) is 0.878. The Morgan fingerprint density at radius 3 is 2.20 bits per heavy atom. The van der Waals surface area contributed by atoms with Gasteiger partial charge in [-0.3, -0.25) is 9.59 Å². The van der Waals surface area contributed by atoms with Crippen LogP contribution in [0.2, 0.25) is 0 Å². The van der Waals surface area contributed by atoms with Gasteiger partial charge in [-0.2, -0.15) is 8.78 Å². The Balaban J connectivity index is 2.26. The second-order valence-electron chi connectivity index (χ2n) is 6.91. The molecule has 0 saturated carbocycles. The molecule has 138 valence electrons. The zero-order chi connectivity index (χ0) is 18.9. The third-order valence-corrected chi connectivity index (χ3v) is 5.03. The normalized spacial score (nSPS) is 20.4. The van der Waals surface area contributed by atoms with Gasteiger partial charge >= 0.3 is 12.6 Å². The molecule has 0 radical (unpaired) electrons. The third kappa shape index (κ3) is 3.60. The van der Waals surface area contributed by atoms with E-state index in [9.17, 15) is 23.5 Å². The number of carbonyl (C=O) groups excluding carboxylic acids is 1. The molecule has 2 rings (SSSR count). The first-order chi connectivity index (χ1) is 11.6. The van der Waals surface area contributed by atoms with E-state index in [1.165, 1.54) is 17.0 Å². The number of likely N-dealkylation sites (tertiary alicyclic amines) is 1. The minimum absolute atomic E-state index is 0.0648. The van der Waals surface area contributed by atoms with E-state index in [1.807, 2.05) is 13.8 Å². The van der Waals surface area contributed by atoms with Crippen LogP contribution in [0.15, 0.2) is 12.1 Å². The number of ether oxygens (including phenoxy) is 1. The first kappa shape index (κ1) is 19.1. The number of hydrogen-bond acceptors (Lipinski definition) is 3. The number of alkyl halides is 2. The summed E-state index contributed by atoms with van der Waals surface area (Å²) < 4.78 is 29.4. The highest BCUT2D eigenvalue weighted by atomic mass is 19.3. The fourth-order valence-corrected chi connectivity index (χ4v) is 3.43. The lowest BCUT2D eigenvalue weighted by Crippen LogP contribution is -2.40. The molecule has 1 atom stereocenters. The summed E-state index contributed by atoms with van der Waals surface area (Å²) in [5, 5.41) is 9.59. The number of aryl methyl sites for hydroxylation is 2. The van der Waals surface area contributed by atoms with Crippen molar-refractivity contribution in [1.82, 2.24) is 4.90 Å². The van der Waals surface area contributed by atoms with Gasteiger partial charge in [0, 0.05) is 18.7 Å². The largest absolute Gasteiger partial charge is 0.481 e. The van der Waals surface area contributed by atoms with Gasteiger partial charge in [-0.1, -0.05) is 13.8 Å². The van der Waals surface area contributed by atoms with E-state index < -0.39 is 18.0 Å². The molecule has 0 aromatic heterocycles. The molecule has 1 aromatic carbocycles. The lowest BCUT2D eigenvalue weighted by molar-refractivity contribution is -0.150. The molecule has 5 nitrogen and oxygen atoms in total. The molecule has 25 heavy (non-hydrogen) atoms. The van der Waals surface area contributed by atoms with Crippen molar-refractivity contribution in [2.45, 2.75) is 40.7 Å². The molecule has 1 fully saturated rings. The van der Waals surface area contributed by atoms with Crippen molar-refractivity contribution in [3.63, 3.8) is 0 Å². The molecule has 1 amide bonds. The first-order valence-corrected chi connectivity index (χ1v) is 8.17. The Bertz CT molecular complexity index is 667. The minimum atomic E-state index is -2.93. The van der Waals surface area contributed by atoms with Crippen LogP contribution < -0.4 is 4.74 Å². The monoisotopic (exact) mass is 355 g/mol. The zero-order valence-corrected chi connectivity index (χ0v) is 14.8. The van der Waals surface area contributed by atoms with Crippen molar-refractivity contribution in [2.24, 2.45) is 11.3 Å². The molecular weight excluding hydrogens is 332 g/mol. The van der Waals surface area contributed by atoms with Crippen molar-refractivity contribution in [3.05, 3.63) is 28.8 Å². The summed E-state index contributed by atoms with van der Waals surface area (Å²) in [4.78, 5) is 26.0. The summed E-state index contributed by atoms with van der Waals surface area (Å²) in [6, 6.07) is 3.01. The van der Waals surface area contributed by atoms with Crippen molar-refractivity contribution in [2.75, 3.05) is 13.1 Å². The number of benzene rings is 1. The number of amides is 1. The van der Waals surface area contributed by atoms with E-state index in [4.69, 9.17) is 0 Å². The maximum Gasteiger partial charge on any atom is 0.387 e. The van der Waals surface area contributed by atoms with Crippen LogP contribution in [0.5, 0.6) is 5.75 Å². The minimum Gasteiger partial charge on any atom is -0.481 e. The highest BCUT2D eigenvalue weighted by Crippen LogP contribution is 2.39. The molecule has 1 aromatic rings. The molecule has 1 aliphatic heterocycles. The molecule has 0 spiro atoms. The van der Waals surface area contributed by atoms with Crippen LogP contribution in [-0.2, 0) is 4.79 Å². The van der Waals surface area contributed by atoms with Crippen molar-refractivity contribution in [3.8, 4) is 5.75 Å². The number of hydrogen-bond donors (Lipinski definition) is 1. The average molecular weight is 355 g/mol. The molecule has 0 aliphatic carbocycles. The number of aliphatic carboxylic acids is 1. The summed E-state index contributed by atoms with van der Waals surface area (Å²) in [6.07, 6.45) is 0.399. The van der Waals surface area contributed by atoms with Crippen molar-refractivity contribution >= 4 is 11.9 Å². The molecule has 0 bridgehead atoms. The van der Waals surface area contributed by atoms with E-state index in [-0.39, 0.29) is 24.1 Å². The van der Waals surface area contributed by atoms with Crippen molar-refractivity contribution < 1.29 is 28.2 Å². The predicted octanol–water partition coefficient (Wildman–Crippen LogP) is 3.48. The van der Waals surface area contributed by atoms with Gasteiger partial charge in [0.1, 0.15) is 5.75 Å².